The molecule has 2 nitrogen and oxygen atoms in total. The summed E-state index contributed by atoms with van der Waals surface area (Å²) in [6, 6.07) is 5.97. The van der Waals surface area contributed by atoms with Crippen LogP contribution in [-0.4, -0.2) is 6.29 Å². The molecule has 2 heteroatoms. The van der Waals surface area contributed by atoms with Crippen LogP contribution < -0.4 is 0 Å². The number of aldehydes is 1. The van der Waals surface area contributed by atoms with Crippen molar-refractivity contribution in [2.45, 2.75) is 26.7 Å². The summed E-state index contributed by atoms with van der Waals surface area (Å²) in [6.45, 7) is 6.26. The highest BCUT2D eigenvalue weighted by atomic mass is 16.3. The summed E-state index contributed by atoms with van der Waals surface area (Å²) in [5, 5.41) is 1.06. The van der Waals surface area contributed by atoms with Crippen molar-refractivity contribution in [3.8, 4) is 0 Å². The highest BCUT2D eigenvalue weighted by Crippen LogP contribution is 2.29. The normalized spacial score (nSPS) is 11.2. The number of rotatable bonds is 2. The molecule has 0 aliphatic rings. The van der Waals surface area contributed by atoms with Crippen LogP contribution in [0.2, 0.25) is 0 Å². The Morgan fingerprint density at radius 3 is 2.67 bits per heavy atom. The fourth-order valence-electron chi connectivity index (χ4n) is 1.86. The molecule has 1 aromatic heterocycles. The Kier molecular flexibility index (Phi) is 2.35. The number of carbonyl (C=O) groups is 1. The van der Waals surface area contributed by atoms with Gasteiger partial charge < -0.3 is 4.42 Å². The SMILES string of the molecule is Cc1ccc(C(C)C)c2cc(C=O)oc12. The Balaban J connectivity index is 2.79. The van der Waals surface area contributed by atoms with E-state index in [1.165, 1.54) is 5.56 Å². The van der Waals surface area contributed by atoms with Crippen molar-refractivity contribution in [3.63, 3.8) is 0 Å². The van der Waals surface area contributed by atoms with Gasteiger partial charge in [-0.25, -0.2) is 0 Å². The van der Waals surface area contributed by atoms with Gasteiger partial charge >= 0.3 is 0 Å². The van der Waals surface area contributed by atoms with E-state index < -0.39 is 0 Å². The minimum Gasteiger partial charge on any atom is -0.453 e. The molecule has 0 aliphatic heterocycles. The molecule has 0 saturated heterocycles. The monoisotopic (exact) mass is 202 g/mol. The molecule has 0 unspecified atom stereocenters. The summed E-state index contributed by atoms with van der Waals surface area (Å²) < 4.78 is 5.47. The molecule has 2 aromatic rings. The predicted octanol–water partition coefficient (Wildman–Crippen LogP) is 3.68. The third kappa shape index (κ3) is 1.56. The van der Waals surface area contributed by atoms with Crippen LogP contribution in [0, 0.1) is 6.92 Å². The highest BCUT2D eigenvalue weighted by Gasteiger charge is 2.11. The number of aryl methyl sites for hydroxylation is 1. The van der Waals surface area contributed by atoms with E-state index in [0.29, 0.717) is 11.7 Å². The number of fused-ring (bicyclic) bond motifs is 1. The van der Waals surface area contributed by atoms with Gasteiger partial charge in [0.1, 0.15) is 5.58 Å². The Hall–Kier alpha value is -1.57. The van der Waals surface area contributed by atoms with Crippen LogP contribution in [0.4, 0.5) is 0 Å². The summed E-state index contributed by atoms with van der Waals surface area (Å²) >= 11 is 0. The van der Waals surface area contributed by atoms with E-state index in [1.54, 1.807) is 0 Å². The zero-order valence-electron chi connectivity index (χ0n) is 9.20. The third-order valence-electron chi connectivity index (χ3n) is 2.67. The fourth-order valence-corrected chi connectivity index (χ4v) is 1.86. The predicted molar refractivity (Wildman–Crippen MR) is 60.4 cm³/mol. The van der Waals surface area contributed by atoms with Gasteiger partial charge in [0.15, 0.2) is 12.0 Å². The third-order valence-corrected chi connectivity index (χ3v) is 2.67. The lowest BCUT2D eigenvalue weighted by molar-refractivity contribution is 0.110. The molecule has 0 aliphatic carbocycles. The van der Waals surface area contributed by atoms with Crippen LogP contribution in [0.25, 0.3) is 11.0 Å². The standard InChI is InChI=1S/C13H14O2/c1-8(2)11-5-4-9(3)13-12(11)6-10(7-14)15-13/h4-8H,1-3H3. The van der Waals surface area contributed by atoms with Crippen LogP contribution in [0.3, 0.4) is 0 Å². The Bertz CT molecular complexity index is 506. The van der Waals surface area contributed by atoms with E-state index in [4.69, 9.17) is 4.42 Å². The van der Waals surface area contributed by atoms with E-state index >= 15 is 0 Å². The summed E-state index contributed by atoms with van der Waals surface area (Å²) in [5.74, 6) is 0.839. The van der Waals surface area contributed by atoms with Gasteiger partial charge in [-0.2, -0.15) is 0 Å². The quantitative estimate of drug-likeness (QED) is 0.695. The minimum absolute atomic E-state index is 0.404. The zero-order valence-corrected chi connectivity index (χ0v) is 9.20. The van der Waals surface area contributed by atoms with Gasteiger partial charge in [-0.3, -0.25) is 4.79 Å². The van der Waals surface area contributed by atoms with Crippen molar-refractivity contribution >= 4 is 17.3 Å². The Morgan fingerprint density at radius 1 is 1.33 bits per heavy atom. The largest absolute Gasteiger partial charge is 0.453 e. The lowest BCUT2D eigenvalue weighted by Gasteiger charge is -2.07. The second kappa shape index (κ2) is 3.54. The second-order valence-corrected chi connectivity index (χ2v) is 4.14. The van der Waals surface area contributed by atoms with Crippen molar-refractivity contribution in [2.75, 3.05) is 0 Å². The van der Waals surface area contributed by atoms with E-state index in [2.05, 4.69) is 19.9 Å². The number of furan rings is 1. The summed E-state index contributed by atoms with van der Waals surface area (Å²) in [7, 11) is 0. The lowest BCUT2D eigenvalue weighted by atomic mass is 9.97. The first-order chi connectivity index (χ1) is 7.13. The molecule has 1 heterocycles. The van der Waals surface area contributed by atoms with Crippen molar-refractivity contribution in [1.82, 2.24) is 0 Å². The van der Waals surface area contributed by atoms with E-state index in [1.807, 2.05) is 19.1 Å². The highest BCUT2D eigenvalue weighted by molar-refractivity contribution is 5.89. The Morgan fingerprint density at radius 2 is 2.07 bits per heavy atom. The molecule has 2 rings (SSSR count). The smallest absolute Gasteiger partial charge is 0.185 e. The lowest BCUT2D eigenvalue weighted by Crippen LogP contribution is -1.88. The molecule has 0 fully saturated rings. The molecule has 0 amide bonds. The van der Waals surface area contributed by atoms with Gasteiger partial charge in [0.2, 0.25) is 0 Å². The first-order valence-electron chi connectivity index (χ1n) is 5.11. The van der Waals surface area contributed by atoms with Crippen molar-refractivity contribution in [2.24, 2.45) is 0 Å². The van der Waals surface area contributed by atoms with Crippen LogP contribution in [0.5, 0.6) is 0 Å². The summed E-state index contributed by atoms with van der Waals surface area (Å²) in [4.78, 5) is 10.7. The number of carbonyl (C=O) groups excluding carboxylic acids is 1. The van der Waals surface area contributed by atoms with Gasteiger partial charge in [0.05, 0.1) is 0 Å². The average molecular weight is 202 g/mol. The fraction of sp³-hybridized carbons (Fsp3) is 0.308. The molecule has 0 spiro atoms. The minimum atomic E-state index is 0.404. The van der Waals surface area contributed by atoms with Gasteiger partial charge in [-0.05, 0) is 30.0 Å². The zero-order chi connectivity index (χ0) is 11.0. The first kappa shape index (κ1) is 9.97. The van der Waals surface area contributed by atoms with Gasteiger partial charge in [0, 0.05) is 5.39 Å². The van der Waals surface area contributed by atoms with Gasteiger partial charge in [0.25, 0.3) is 0 Å². The molecule has 0 saturated carbocycles. The molecule has 0 atom stereocenters. The molecule has 78 valence electrons. The molecule has 1 aromatic carbocycles. The van der Waals surface area contributed by atoms with Crippen LogP contribution in [0.15, 0.2) is 22.6 Å². The summed E-state index contributed by atoms with van der Waals surface area (Å²) in [5.41, 5.74) is 3.14. The van der Waals surface area contributed by atoms with E-state index in [0.717, 1.165) is 22.8 Å². The summed E-state index contributed by atoms with van der Waals surface area (Å²) in [6.07, 6.45) is 0.754. The molecule has 0 radical (unpaired) electrons. The van der Waals surface area contributed by atoms with Crippen molar-refractivity contribution in [3.05, 3.63) is 35.1 Å². The molecular weight excluding hydrogens is 188 g/mol. The first-order valence-corrected chi connectivity index (χ1v) is 5.11. The van der Waals surface area contributed by atoms with Gasteiger partial charge in [-0.1, -0.05) is 26.0 Å². The van der Waals surface area contributed by atoms with E-state index in [-0.39, 0.29) is 0 Å². The number of hydrogen-bond donors (Lipinski definition) is 0. The number of hydrogen-bond acceptors (Lipinski definition) is 2. The maximum Gasteiger partial charge on any atom is 0.185 e. The maximum absolute atomic E-state index is 10.7. The van der Waals surface area contributed by atoms with Crippen LogP contribution in [0.1, 0.15) is 41.4 Å². The molecule has 0 bridgehead atoms. The van der Waals surface area contributed by atoms with Gasteiger partial charge in [-0.15, -0.1) is 0 Å². The topological polar surface area (TPSA) is 30.2 Å². The molecule has 15 heavy (non-hydrogen) atoms. The average Bonchev–Trinajstić information content (AvgIpc) is 2.62. The second-order valence-electron chi connectivity index (χ2n) is 4.14. The molecular formula is C13H14O2. The van der Waals surface area contributed by atoms with Crippen LogP contribution in [-0.2, 0) is 0 Å². The molecule has 0 N–H and O–H groups in total. The maximum atomic E-state index is 10.7. The Labute approximate surface area is 88.9 Å². The van der Waals surface area contributed by atoms with Crippen LogP contribution >= 0.6 is 0 Å². The van der Waals surface area contributed by atoms with E-state index in [9.17, 15) is 4.79 Å². The van der Waals surface area contributed by atoms with Crippen molar-refractivity contribution < 1.29 is 9.21 Å². The number of benzene rings is 1. The van der Waals surface area contributed by atoms with Crippen molar-refractivity contribution in [1.29, 1.82) is 0 Å².